The molecule has 0 N–H and O–H groups in total. The number of aryl methyl sites for hydroxylation is 1. The molecule has 0 saturated heterocycles. The van der Waals surface area contributed by atoms with E-state index in [1.54, 1.807) is 0 Å². The number of unbranched alkanes of at least 4 members (excludes halogenated alkanes) is 3. The van der Waals surface area contributed by atoms with E-state index in [0.29, 0.717) is 18.0 Å². The molecule has 31 heavy (non-hydrogen) atoms. The molecule has 0 aliphatic rings. The predicted octanol–water partition coefficient (Wildman–Crippen LogP) is 7.45. The molecule has 0 amide bonds. The van der Waals surface area contributed by atoms with Gasteiger partial charge in [0.15, 0.2) is 5.82 Å². The first-order valence-corrected chi connectivity index (χ1v) is 11.5. The minimum atomic E-state index is -0.914. The number of ether oxygens (including phenoxy) is 1. The summed E-state index contributed by atoms with van der Waals surface area (Å²) in [5.74, 6) is 1.33. The molecule has 0 saturated carbocycles. The maximum atomic E-state index is 13.9. The number of rotatable bonds is 12. The van der Waals surface area contributed by atoms with Gasteiger partial charge in [-0.05, 0) is 54.7 Å². The van der Waals surface area contributed by atoms with Gasteiger partial charge in [0.25, 0.3) is 0 Å². The van der Waals surface area contributed by atoms with E-state index in [9.17, 15) is 4.39 Å². The fraction of sp³-hybridized carbons (Fsp3) is 0.407. The van der Waals surface area contributed by atoms with Gasteiger partial charge in [0.05, 0.1) is 0 Å². The highest BCUT2D eigenvalue weighted by atomic mass is 19.1. The summed E-state index contributed by atoms with van der Waals surface area (Å²) in [6.45, 7) is 4.43. The first kappa shape index (κ1) is 22.9. The molecular weight excluding hydrogens is 387 g/mol. The number of alkyl halides is 1. The van der Waals surface area contributed by atoms with Crippen molar-refractivity contribution in [3.8, 4) is 28.3 Å². The van der Waals surface area contributed by atoms with Crippen LogP contribution in [-0.4, -0.2) is 22.7 Å². The van der Waals surface area contributed by atoms with Crippen LogP contribution >= 0.6 is 0 Å². The fourth-order valence-electron chi connectivity index (χ4n) is 3.46. The Morgan fingerprint density at radius 2 is 1.42 bits per heavy atom. The molecule has 3 nitrogen and oxygen atoms in total. The third-order valence-electron chi connectivity index (χ3n) is 5.42. The van der Waals surface area contributed by atoms with E-state index in [-0.39, 0.29) is 6.61 Å². The van der Waals surface area contributed by atoms with Crippen LogP contribution in [-0.2, 0) is 6.42 Å². The van der Waals surface area contributed by atoms with Gasteiger partial charge in [-0.2, -0.15) is 0 Å². The standard InChI is InChI=1S/C27H33FN2O/c1-3-5-7-9-25(28)20-31-26-16-14-23(15-17-26)27-29-18-24(19-30-27)22-12-10-21(11-13-22)8-6-4-2/h10-19,25H,3-9,20H2,1-2H3. The summed E-state index contributed by atoms with van der Waals surface area (Å²) in [5, 5.41) is 0. The van der Waals surface area contributed by atoms with Gasteiger partial charge in [-0.1, -0.05) is 63.8 Å². The lowest BCUT2D eigenvalue weighted by atomic mass is 10.0. The lowest BCUT2D eigenvalue weighted by Gasteiger charge is -2.10. The SMILES string of the molecule is CCCCCC(F)COc1ccc(-c2ncc(-c3ccc(CCCC)cc3)cn2)cc1. The molecule has 1 heterocycles. The molecule has 0 radical (unpaired) electrons. The van der Waals surface area contributed by atoms with E-state index >= 15 is 0 Å². The molecular formula is C27H33FN2O. The Morgan fingerprint density at radius 1 is 0.774 bits per heavy atom. The summed E-state index contributed by atoms with van der Waals surface area (Å²) in [4.78, 5) is 9.06. The van der Waals surface area contributed by atoms with Gasteiger partial charge in [-0.25, -0.2) is 14.4 Å². The van der Waals surface area contributed by atoms with Crippen LogP contribution in [0.2, 0.25) is 0 Å². The maximum absolute atomic E-state index is 13.9. The fourth-order valence-corrected chi connectivity index (χ4v) is 3.46. The number of benzene rings is 2. The van der Waals surface area contributed by atoms with Crippen LogP contribution in [0.25, 0.3) is 22.5 Å². The van der Waals surface area contributed by atoms with Crippen molar-refractivity contribution >= 4 is 0 Å². The van der Waals surface area contributed by atoms with Crippen LogP contribution in [0.4, 0.5) is 4.39 Å². The van der Waals surface area contributed by atoms with Gasteiger partial charge < -0.3 is 4.74 Å². The van der Waals surface area contributed by atoms with Gasteiger partial charge in [-0.3, -0.25) is 0 Å². The van der Waals surface area contributed by atoms with Crippen molar-refractivity contribution in [2.45, 2.75) is 65.0 Å². The van der Waals surface area contributed by atoms with E-state index < -0.39 is 6.17 Å². The summed E-state index contributed by atoms with van der Waals surface area (Å²) >= 11 is 0. The number of hydrogen-bond acceptors (Lipinski definition) is 3. The highest BCUT2D eigenvalue weighted by Gasteiger charge is 2.08. The number of aromatic nitrogens is 2. The normalized spacial score (nSPS) is 12.0. The van der Waals surface area contributed by atoms with E-state index in [1.807, 2.05) is 36.7 Å². The minimum Gasteiger partial charge on any atom is -0.491 e. The quantitative estimate of drug-likeness (QED) is 0.285. The smallest absolute Gasteiger partial charge is 0.159 e. The van der Waals surface area contributed by atoms with E-state index in [1.165, 1.54) is 18.4 Å². The second-order valence-corrected chi connectivity index (χ2v) is 8.02. The first-order chi connectivity index (χ1) is 15.2. The Kier molecular flexibility index (Phi) is 9.01. The molecule has 3 rings (SSSR count). The third kappa shape index (κ3) is 7.16. The van der Waals surface area contributed by atoms with Crippen LogP contribution in [0.5, 0.6) is 5.75 Å². The number of hydrogen-bond donors (Lipinski definition) is 0. The highest BCUT2D eigenvalue weighted by Crippen LogP contribution is 2.23. The molecule has 1 unspecified atom stereocenters. The van der Waals surface area contributed by atoms with Crippen LogP contribution in [0, 0.1) is 0 Å². The van der Waals surface area contributed by atoms with Crippen molar-refractivity contribution in [2.24, 2.45) is 0 Å². The van der Waals surface area contributed by atoms with Crippen molar-refractivity contribution in [1.82, 2.24) is 9.97 Å². The lowest BCUT2D eigenvalue weighted by Crippen LogP contribution is -2.12. The van der Waals surface area contributed by atoms with Crippen LogP contribution in [0.3, 0.4) is 0 Å². The van der Waals surface area contributed by atoms with Crippen molar-refractivity contribution in [2.75, 3.05) is 6.61 Å². The van der Waals surface area contributed by atoms with Crippen LogP contribution in [0.15, 0.2) is 60.9 Å². The van der Waals surface area contributed by atoms with Crippen molar-refractivity contribution in [3.63, 3.8) is 0 Å². The van der Waals surface area contributed by atoms with Gasteiger partial charge in [0.1, 0.15) is 18.5 Å². The molecule has 2 aromatic carbocycles. The summed E-state index contributed by atoms with van der Waals surface area (Å²) in [6, 6.07) is 16.2. The summed E-state index contributed by atoms with van der Waals surface area (Å²) in [5.41, 5.74) is 4.40. The molecule has 0 bridgehead atoms. The highest BCUT2D eigenvalue weighted by molar-refractivity contribution is 5.64. The van der Waals surface area contributed by atoms with E-state index in [0.717, 1.165) is 42.4 Å². The van der Waals surface area contributed by atoms with E-state index in [4.69, 9.17) is 4.74 Å². The molecule has 0 spiro atoms. The molecule has 1 atom stereocenters. The van der Waals surface area contributed by atoms with E-state index in [2.05, 4.69) is 48.1 Å². The van der Waals surface area contributed by atoms with Crippen LogP contribution < -0.4 is 4.74 Å². The van der Waals surface area contributed by atoms with Gasteiger partial charge in [0.2, 0.25) is 0 Å². The molecule has 4 heteroatoms. The third-order valence-corrected chi connectivity index (χ3v) is 5.42. The van der Waals surface area contributed by atoms with Crippen molar-refractivity contribution in [3.05, 3.63) is 66.5 Å². The minimum absolute atomic E-state index is 0.103. The monoisotopic (exact) mass is 420 g/mol. The Hall–Kier alpha value is -2.75. The largest absolute Gasteiger partial charge is 0.491 e. The molecule has 0 aliphatic carbocycles. The zero-order chi connectivity index (χ0) is 21.9. The second-order valence-electron chi connectivity index (χ2n) is 8.02. The maximum Gasteiger partial charge on any atom is 0.159 e. The number of halogens is 1. The second kappa shape index (κ2) is 12.2. The van der Waals surface area contributed by atoms with Crippen molar-refractivity contribution < 1.29 is 9.13 Å². The van der Waals surface area contributed by atoms with Gasteiger partial charge in [0, 0.05) is 23.5 Å². The lowest BCUT2D eigenvalue weighted by molar-refractivity contribution is 0.184. The molecule has 1 aromatic heterocycles. The average molecular weight is 421 g/mol. The Morgan fingerprint density at radius 3 is 2.06 bits per heavy atom. The Labute approximate surface area is 185 Å². The number of nitrogens with zero attached hydrogens (tertiary/aromatic N) is 2. The molecule has 164 valence electrons. The van der Waals surface area contributed by atoms with Gasteiger partial charge >= 0.3 is 0 Å². The predicted molar refractivity (Wildman–Crippen MR) is 126 cm³/mol. The average Bonchev–Trinajstić information content (AvgIpc) is 2.82. The summed E-state index contributed by atoms with van der Waals surface area (Å²) in [7, 11) is 0. The van der Waals surface area contributed by atoms with Crippen LogP contribution in [0.1, 0.15) is 57.9 Å². The molecule has 0 fully saturated rings. The van der Waals surface area contributed by atoms with Crippen molar-refractivity contribution in [1.29, 1.82) is 0 Å². The Bertz CT molecular complexity index is 892. The Balaban J connectivity index is 1.56. The summed E-state index contributed by atoms with van der Waals surface area (Å²) in [6.07, 6.45) is 9.99. The van der Waals surface area contributed by atoms with Gasteiger partial charge in [-0.15, -0.1) is 0 Å². The zero-order valence-corrected chi connectivity index (χ0v) is 18.7. The first-order valence-electron chi connectivity index (χ1n) is 11.5. The zero-order valence-electron chi connectivity index (χ0n) is 18.7. The molecule has 3 aromatic rings. The molecule has 0 aliphatic heterocycles. The topological polar surface area (TPSA) is 35.0 Å². The summed E-state index contributed by atoms with van der Waals surface area (Å²) < 4.78 is 19.5.